The number of benzene rings is 1. The summed E-state index contributed by atoms with van der Waals surface area (Å²) in [4.78, 5) is 0. The molecule has 13 heavy (non-hydrogen) atoms. The Kier molecular flexibility index (Phi) is 3.10. The van der Waals surface area contributed by atoms with E-state index >= 15 is 0 Å². The van der Waals surface area contributed by atoms with Gasteiger partial charge in [-0.2, -0.15) is 0 Å². The van der Waals surface area contributed by atoms with Crippen LogP contribution in [0.2, 0.25) is 0 Å². The van der Waals surface area contributed by atoms with Gasteiger partial charge >= 0.3 is 0 Å². The summed E-state index contributed by atoms with van der Waals surface area (Å²) < 4.78 is 0. The van der Waals surface area contributed by atoms with Crippen LogP contribution < -0.4 is 5.73 Å². The minimum absolute atomic E-state index is 0.208. The maximum atomic E-state index is 5.60. The summed E-state index contributed by atoms with van der Waals surface area (Å²) in [6.07, 6.45) is 1.04. The van der Waals surface area contributed by atoms with E-state index in [1.54, 1.807) is 0 Å². The molecule has 0 fully saturated rings. The Bertz CT molecular complexity index is 276. The van der Waals surface area contributed by atoms with E-state index in [1.165, 1.54) is 11.1 Å². The summed E-state index contributed by atoms with van der Waals surface area (Å²) >= 11 is 0. The molecule has 0 aliphatic heterocycles. The van der Waals surface area contributed by atoms with Crippen molar-refractivity contribution in [1.29, 1.82) is 0 Å². The fourth-order valence-electron chi connectivity index (χ4n) is 1.83. The Morgan fingerprint density at radius 2 is 1.85 bits per heavy atom. The molecule has 0 unspecified atom stereocenters. The van der Waals surface area contributed by atoms with Crippen molar-refractivity contribution in [2.75, 3.05) is 6.54 Å². The molecule has 1 aromatic rings. The molecular weight excluding hydrogens is 158 g/mol. The highest BCUT2D eigenvalue weighted by atomic mass is 14.5. The van der Waals surface area contributed by atoms with Crippen LogP contribution in [0.5, 0.6) is 0 Å². The lowest BCUT2D eigenvalue weighted by molar-refractivity contribution is 0.485. The van der Waals surface area contributed by atoms with Gasteiger partial charge in [0.05, 0.1) is 0 Å². The largest absolute Gasteiger partial charge is 0.330 e. The van der Waals surface area contributed by atoms with Crippen LogP contribution in [-0.2, 0) is 5.41 Å². The smallest absolute Gasteiger partial charge is 0.00690 e. The summed E-state index contributed by atoms with van der Waals surface area (Å²) in [5, 5.41) is 0. The molecular formula is C12H19N. The summed E-state index contributed by atoms with van der Waals surface area (Å²) in [6.45, 7) is 7.42. The topological polar surface area (TPSA) is 26.0 Å². The van der Waals surface area contributed by atoms with Gasteiger partial charge < -0.3 is 5.73 Å². The second-order valence-corrected chi connectivity index (χ2v) is 4.24. The van der Waals surface area contributed by atoms with E-state index in [9.17, 15) is 0 Å². The van der Waals surface area contributed by atoms with Crippen molar-refractivity contribution in [2.24, 2.45) is 5.73 Å². The van der Waals surface area contributed by atoms with Crippen molar-refractivity contribution in [3.8, 4) is 0 Å². The monoisotopic (exact) mass is 177 g/mol. The second-order valence-electron chi connectivity index (χ2n) is 4.24. The molecule has 0 saturated carbocycles. The van der Waals surface area contributed by atoms with E-state index in [2.05, 4.69) is 45.0 Å². The van der Waals surface area contributed by atoms with Crippen molar-refractivity contribution in [1.82, 2.24) is 0 Å². The van der Waals surface area contributed by atoms with Gasteiger partial charge in [-0.3, -0.25) is 0 Å². The lowest BCUT2D eigenvalue weighted by Crippen LogP contribution is -2.22. The highest BCUT2D eigenvalue weighted by Crippen LogP contribution is 2.28. The van der Waals surface area contributed by atoms with E-state index in [0.717, 1.165) is 13.0 Å². The first-order valence-corrected chi connectivity index (χ1v) is 4.84. The average molecular weight is 177 g/mol. The Labute approximate surface area is 81.0 Å². The number of rotatable bonds is 3. The minimum atomic E-state index is 0.208. The van der Waals surface area contributed by atoms with Crippen LogP contribution in [0.3, 0.4) is 0 Å². The predicted octanol–water partition coefficient (Wildman–Crippen LogP) is 2.62. The first-order valence-electron chi connectivity index (χ1n) is 4.84. The van der Waals surface area contributed by atoms with Crippen LogP contribution in [0.4, 0.5) is 0 Å². The van der Waals surface area contributed by atoms with Gasteiger partial charge in [0, 0.05) is 0 Å². The molecule has 0 amide bonds. The van der Waals surface area contributed by atoms with Crippen LogP contribution in [0.25, 0.3) is 0 Å². The normalized spacial score (nSPS) is 11.7. The van der Waals surface area contributed by atoms with E-state index in [-0.39, 0.29) is 5.41 Å². The molecule has 0 aromatic heterocycles. The van der Waals surface area contributed by atoms with E-state index in [4.69, 9.17) is 5.73 Å². The molecule has 0 aliphatic rings. The number of nitrogens with two attached hydrogens (primary N) is 1. The predicted molar refractivity (Wildman–Crippen MR) is 57.9 cm³/mol. The third-order valence-electron chi connectivity index (χ3n) is 2.64. The third kappa shape index (κ3) is 2.31. The standard InChI is InChI=1S/C12H19N/c1-10-6-4-5-7-11(10)12(2,3)8-9-13/h4-7H,8-9,13H2,1-3H3. The van der Waals surface area contributed by atoms with Crippen molar-refractivity contribution in [2.45, 2.75) is 32.6 Å². The fraction of sp³-hybridized carbons (Fsp3) is 0.500. The average Bonchev–Trinajstić information content (AvgIpc) is 2.04. The van der Waals surface area contributed by atoms with E-state index in [0.29, 0.717) is 0 Å². The molecule has 2 N–H and O–H groups in total. The SMILES string of the molecule is Cc1ccccc1C(C)(C)CCN. The first-order chi connectivity index (χ1) is 6.08. The zero-order valence-corrected chi connectivity index (χ0v) is 8.80. The molecule has 1 rings (SSSR count). The van der Waals surface area contributed by atoms with Gasteiger partial charge in [0.2, 0.25) is 0 Å². The van der Waals surface area contributed by atoms with Crippen LogP contribution in [0.15, 0.2) is 24.3 Å². The van der Waals surface area contributed by atoms with Gasteiger partial charge in [0.15, 0.2) is 0 Å². The van der Waals surface area contributed by atoms with Gasteiger partial charge in [-0.15, -0.1) is 0 Å². The molecule has 0 atom stereocenters. The van der Waals surface area contributed by atoms with Crippen LogP contribution in [0, 0.1) is 6.92 Å². The molecule has 0 spiro atoms. The van der Waals surface area contributed by atoms with Gasteiger partial charge in [-0.05, 0) is 36.4 Å². The highest BCUT2D eigenvalue weighted by molar-refractivity contribution is 5.32. The van der Waals surface area contributed by atoms with Gasteiger partial charge in [-0.25, -0.2) is 0 Å². The highest BCUT2D eigenvalue weighted by Gasteiger charge is 2.20. The zero-order chi connectivity index (χ0) is 9.90. The number of hydrogen-bond donors (Lipinski definition) is 1. The maximum Gasteiger partial charge on any atom is -0.00690 e. The summed E-state index contributed by atoms with van der Waals surface area (Å²) in [6, 6.07) is 8.54. The Balaban J connectivity index is 2.99. The number of aryl methyl sites for hydroxylation is 1. The molecule has 1 aromatic carbocycles. The molecule has 0 radical (unpaired) electrons. The molecule has 1 heteroatoms. The van der Waals surface area contributed by atoms with Gasteiger partial charge in [0.1, 0.15) is 0 Å². The van der Waals surface area contributed by atoms with Crippen LogP contribution >= 0.6 is 0 Å². The second kappa shape index (κ2) is 3.93. The summed E-state index contributed by atoms with van der Waals surface area (Å²) in [5.41, 5.74) is 8.59. The van der Waals surface area contributed by atoms with Crippen LogP contribution in [0.1, 0.15) is 31.4 Å². The van der Waals surface area contributed by atoms with Gasteiger partial charge in [-0.1, -0.05) is 38.1 Å². The lowest BCUT2D eigenvalue weighted by atomic mass is 9.79. The first kappa shape index (κ1) is 10.3. The minimum Gasteiger partial charge on any atom is -0.330 e. The van der Waals surface area contributed by atoms with Crippen molar-refractivity contribution in [3.63, 3.8) is 0 Å². The molecule has 0 bridgehead atoms. The molecule has 0 heterocycles. The van der Waals surface area contributed by atoms with E-state index < -0.39 is 0 Å². The third-order valence-corrected chi connectivity index (χ3v) is 2.64. The van der Waals surface area contributed by atoms with Gasteiger partial charge in [0.25, 0.3) is 0 Å². The van der Waals surface area contributed by atoms with Crippen molar-refractivity contribution >= 4 is 0 Å². The molecule has 0 aliphatic carbocycles. The zero-order valence-electron chi connectivity index (χ0n) is 8.80. The summed E-state index contributed by atoms with van der Waals surface area (Å²) in [5.74, 6) is 0. The molecule has 0 saturated heterocycles. The fourth-order valence-corrected chi connectivity index (χ4v) is 1.83. The quantitative estimate of drug-likeness (QED) is 0.754. The van der Waals surface area contributed by atoms with Crippen LogP contribution in [-0.4, -0.2) is 6.54 Å². The number of hydrogen-bond acceptors (Lipinski definition) is 1. The molecule has 1 nitrogen and oxygen atoms in total. The lowest BCUT2D eigenvalue weighted by Gasteiger charge is -2.26. The summed E-state index contributed by atoms with van der Waals surface area (Å²) in [7, 11) is 0. The Morgan fingerprint density at radius 3 is 2.38 bits per heavy atom. The van der Waals surface area contributed by atoms with Crippen molar-refractivity contribution < 1.29 is 0 Å². The maximum absolute atomic E-state index is 5.60. The Morgan fingerprint density at radius 1 is 1.23 bits per heavy atom. The van der Waals surface area contributed by atoms with Crippen molar-refractivity contribution in [3.05, 3.63) is 35.4 Å². The Hall–Kier alpha value is -0.820. The molecule has 72 valence electrons. The van der Waals surface area contributed by atoms with E-state index in [1.807, 2.05) is 0 Å².